The van der Waals surface area contributed by atoms with Gasteiger partial charge in [-0.1, -0.05) is 31.5 Å². The third-order valence-electron chi connectivity index (χ3n) is 4.55. The van der Waals surface area contributed by atoms with Gasteiger partial charge in [0.2, 0.25) is 0 Å². The number of ether oxygens (including phenoxy) is 1. The first kappa shape index (κ1) is 23.3. The number of aryl methyl sites for hydroxylation is 1. The fraction of sp³-hybridized carbons (Fsp3) is 0.261. The molecule has 168 valence electrons. The van der Waals surface area contributed by atoms with Crippen molar-refractivity contribution in [1.82, 2.24) is 9.97 Å². The summed E-state index contributed by atoms with van der Waals surface area (Å²) in [4.78, 5) is 21.1. The van der Waals surface area contributed by atoms with Gasteiger partial charge in [0.1, 0.15) is 16.3 Å². The molecule has 0 N–H and O–H groups in total. The fourth-order valence-corrected chi connectivity index (χ4v) is 3.82. The van der Waals surface area contributed by atoms with E-state index >= 15 is 0 Å². The number of carbonyl (C=O) groups is 1. The maximum atomic E-state index is 13.5. The molecule has 1 heterocycles. The van der Waals surface area contributed by atoms with E-state index in [9.17, 15) is 17.6 Å². The normalized spacial score (nSPS) is 11.4. The molecule has 0 amide bonds. The summed E-state index contributed by atoms with van der Waals surface area (Å²) in [5.41, 5.74) is 1.70. The average molecular weight is 459 g/mol. The van der Waals surface area contributed by atoms with Gasteiger partial charge in [-0.2, -0.15) is 18.4 Å². The summed E-state index contributed by atoms with van der Waals surface area (Å²) in [5.74, 6) is -1.42. The van der Waals surface area contributed by atoms with Crippen molar-refractivity contribution in [2.45, 2.75) is 38.5 Å². The highest BCUT2D eigenvalue weighted by molar-refractivity contribution is 7.87. The number of benzene rings is 2. The standard InChI is InChI=1S/C23H23FN2O5S/c1-5-30-22(27)19-20(14(2)3)25-23(26-21(19)16-8-10-17(24)11-9-16)31-32(28,29)18-12-6-15(4)7-13-18/h6-14H,5H2,1-4H3. The van der Waals surface area contributed by atoms with Crippen molar-refractivity contribution in [1.29, 1.82) is 0 Å². The van der Waals surface area contributed by atoms with Gasteiger partial charge in [-0.15, -0.1) is 0 Å². The molecule has 0 unspecified atom stereocenters. The lowest BCUT2D eigenvalue weighted by atomic mass is 9.98. The van der Waals surface area contributed by atoms with E-state index in [0.29, 0.717) is 5.56 Å². The first-order chi connectivity index (χ1) is 15.1. The molecule has 0 aliphatic heterocycles. The summed E-state index contributed by atoms with van der Waals surface area (Å²) in [6.45, 7) is 7.20. The van der Waals surface area contributed by atoms with Crippen LogP contribution in [0.4, 0.5) is 4.39 Å². The number of carbonyl (C=O) groups excluding carboxylic acids is 1. The van der Waals surface area contributed by atoms with Gasteiger partial charge in [0, 0.05) is 5.56 Å². The van der Waals surface area contributed by atoms with Crippen LogP contribution in [0.1, 0.15) is 48.3 Å². The Kier molecular flexibility index (Phi) is 6.88. The Hall–Kier alpha value is -3.33. The van der Waals surface area contributed by atoms with E-state index in [2.05, 4.69) is 9.97 Å². The predicted octanol–water partition coefficient (Wildman–Crippen LogP) is 4.66. The lowest BCUT2D eigenvalue weighted by molar-refractivity contribution is 0.0524. The lowest BCUT2D eigenvalue weighted by Crippen LogP contribution is -2.17. The molecule has 2 aromatic carbocycles. The second-order valence-corrected chi connectivity index (χ2v) is 8.89. The predicted molar refractivity (Wildman–Crippen MR) is 116 cm³/mol. The van der Waals surface area contributed by atoms with Crippen LogP contribution in [0.5, 0.6) is 6.01 Å². The molecule has 0 bridgehead atoms. The molecule has 1 aromatic heterocycles. The molecule has 0 saturated carbocycles. The van der Waals surface area contributed by atoms with Crippen molar-refractivity contribution < 1.29 is 26.5 Å². The Morgan fingerprint density at radius 3 is 2.22 bits per heavy atom. The zero-order valence-electron chi connectivity index (χ0n) is 18.1. The van der Waals surface area contributed by atoms with Gasteiger partial charge in [-0.25, -0.2) is 9.18 Å². The van der Waals surface area contributed by atoms with Crippen LogP contribution in [-0.4, -0.2) is 31.0 Å². The number of aromatic nitrogens is 2. The highest BCUT2D eigenvalue weighted by atomic mass is 32.2. The number of esters is 1. The summed E-state index contributed by atoms with van der Waals surface area (Å²) in [6, 6.07) is 11.0. The molecule has 0 saturated heterocycles. The summed E-state index contributed by atoms with van der Waals surface area (Å²) in [5, 5.41) is 0. The topological polar surface area (TPSA) is 95.5 Å². The third kappa shape index (κ3) is 5.11. The number of nitrogens with zero attached hydrogens (tertiary/aromatic N) is 2. The Labute approximate surface area is 186 Å². The van der Waals surface area contributed by atoms with Gasteiger partial charge >= 0.3 is 22.1 Å². The summed E-state index contributed by atoms with van der Waals surface area (Å²) >= 11 is 0. The van der Waals surface area contributed by atoms with E-state index in [1.165, 1.54) is 36.4 Å². The molecular weight excluding hydrogens is 435 g/mol. The minimum atomic E-state index is -4.22. The molecule has 0 spiro atoms. The molecule has 0 aliphatic rings. The molecule has 0 fully saturated rings. The molecule has 9 heteroatoms. The molecule has 7 nitrogen and oxygen atoms in total. The van der Waals surface area contributed by atoms with Gasteiger partial charge in [-0.05, 0) is 56.2 Å². The highest BCUT2D eigenvalue weighted by Crippen LogP contribution is 2.31. The quantitative estimate of drug-likeness (QED) is 0.375. The van der Waals surface area contributed by atoms with Gasteiger partial charge in [0.05, 0.1) is 18.0 Å². The van der Waals surface area contributed by atoms with E-state index in [-0.39, 0.29) is 34.4 Å². The van der Waals surface area contributed by atoms with Crippen LogP contribution in [0.15, 0.2) is 53.4 Å². The van der Waals surface area contributed by atoms with Crippen LogP contribution < -0.4 is 4.18 Å². The summed E-state index contributed by atoms with van der Waals surface area (Å²) < 4.78 is 49.4. The zero-order valence-corrected chi connectivity index (χ0v) is 18.9. The second kappa shape index (κ2) is 9.44. The van der Waals surface area contributed by atoms with Crippen LogP contribution >= 0.6 is 0 Å². The van der Waals surface area contributed by atoms with Crippen molar-refractivity contribution in [3.63, 3.8) is 0 Å². The summed E-state index contributed by atoms with van der Waals surface area (Å²) in [7, 11) is -4.22. The molecular formula is C23H23FN2O5S. The van der Waals surface area contributed by atoms with E-state index in [1.54, 1.807) is 32.9 Å². The number of rotatable bonds is 7. The van der Waals surface area contributed by atoms with Crippen molar-refractivity contribution in [2.24, 2.45) is 0 Å². The number of halogens is 1. The van der Waals surface area contributed by atoms with Crippen LogP contribution in [0, 0.1) is 12.7 Å². The highest BCUT2D eigenvalue weighted by Gasteiger charge is 2.27. The van der Waals surface area contributed by atoms with Crippen LogP contribution in [0.2, 0.25) is 0 Å². The van der Waals surface area contributed by atoms with Gasteiger partial charge in [-0.3, -0.25) is 0 Å². The van der Waals surface area contributed by atoms with Crippen molar-refractivity contribution >= 4 is 16.1 Å². The largest absolute Gasteiger partial charge is 0.462 e. The van der Waals surface area contributed by atoms with Gasteiger partial charge in [0.15, 0.2) is 0 Å². The molecule has 0 radical (unpaired) electrons. The summed E-state index contributed by atoms with van der Waals surface area (Å²) in [6.07, 6.45) is 0. The second-order valence-electron chi connectivity index (χ2n) is 7.35. The average Bonchev–Trinajstić information content (AvgIpc) is 2.73. The van der Waals surface area contributed by atoms with Crippen LogP contribution in [0.3, 0.4) is 0 Å². The van der Waals surface area contributed by atoms with E-state index in [1.807, 2.05) is 6.92 Å². The molecule has 3 rings (SSSR count). The van der Waals surface area contributed by atoms with Gasteiger partial charge < -0.3 is 8.92 Å². The van der Waals surface area contributed by atoms with Crippen molar-refractivity contribution in [3.8, 4) is 17.3 Å². The molecule has 0 atom stereocenters. The third-order valence-corrected chi connectivity index (χ3v) is 5.77. The lowest BCUT2D eigenvalue weighted by Gasteiger charge is -2.16. The van der Waals surface area contributed by atoms with E-state index in [4.69, 9.17) is 8.92 Å². The van der Waals surface area contributed by atoms with Crippen molar-refractivity contribution in [2.75, 3.05) is 6.61 Å². The molecule has 3 aromatic rings. The van der Waals surface area contributed by atoms with Crippen LogP contribution in [0.25, 0.3) is 11.3 Å². The van der Waals surface area contributed by atoms with Crippen molar-refractivity contribution in [3.05, 3.63) is 71.2 Å². The van der Waals surface area contributed by atoms with E-state index in [0.717, 1.165) is 5.56 Å². The fourth-order valence-electron chi connectivity index (χ4n) is 2.98. The van der Waals surface area contributed by atoms with Crippen LogP contribution in [-0.2, 0) is 14.9 Å². The maximum Gasteiger partial charge on any atom is 0.342 e. The Bertz CT molecular complexity index is 1220. The smallest absolute Gasteiger partial charge is 0.342 e. The minimum absolute atomic E-state index is 0.0596. The van der Waals surface area contributed by atoms with E-state index < -0.39 is 27.9 Å². The molecule has 32 heavy (non-hydrogen) atoms. The first-order valence-electron chi connectivity index (χ1n) is 9.98. The number of hydrogen-bond donors (Lipinski definition) is 0. The van der Waals surface area contributed by atoms with Gasteiger partial charge in [0.25, 0.3) is 0 Å². The SMILES string of the molecule is CCOC(=O)c1c(-c2ccc(F)cc2)nc(OS(=O)(=O)c2ccc(C)cc2)nc1C(C)C. The monoisotopic (exact) mass is 458 g/mol. The first-order valence-corrected chi connectivity index (χ1v) is 11.4. The maximum absolute atomic E-state index is 13.5. The number of hydrogen-bond acceptors (Lipinski definition) is 7. The minimum Gasteiger partial charge on any atom is -0.462 e. The molecule has 0 aliphatic carbocycles. The Balaban J connectivity index is 2.18. The Morgan fingerprint density at radius 1 is 1.03 bits per heavy atom. The Morgan fingerprint density at radius 2 is 1.66 bits per heavy atom. The zero-order chi connectivity index (χ0) is 23.5.